The quantitative estimate of drug-likeness (QED) is 0.739. The molecule has 2 N–H and O–H groups in total. The van der Waals surface area contributed by atoms with E-state index in [0.29, 0.717) is 16.9 Å². The summed E-state index contributed by atoms with van der Waals surface area (Å²) >= 11 is 0. The Kier molecular flexibility index (Phi) is 2.52. The van der Waals surface area contributed by atoms with E-state index in [1.807, 2.05) is 6.07 Å². The molecule has 16 heavy (non-hydrogen) atoms. The van der Waals surface area contributed by atoms with Crippen molar-refractivity contribution >= 4 is 5.69 Å². The number of pyridine rings is 1. The van der Waals surface area contributed by atoms with Crippen molar-refractivity contribution in [1.29, 1.82) is 5.26 Å². The van der Waals surface area contributed by atoms with Crippen molar-refractivity contribution < 1.29 is 4.39 Å². The number of aromatic nitrogens is 1. The minimum absolute atomic E-state index is 0.247. The number of hydrogen-bond donors (Lipinski definition) is 1. The fourth-order valence-electron chi connectivity index (χ4n) is 1.43. The average molecular weight is 213 g/mol. The lowest BCUT2D eigenvalue weighted by atomic mass is 10.1. The van der Waals surface area contributed by atoms with Gasteiger partial charge in [-0.1, -0.05) is 0 Å². The molecule has 0 saturated heterocycles. The summed E-state index contributed by atoms with van der Waals surface area (Å²) in [4.78, 5) is 4.00. The molecule has 0 saturated carbocycles. The van der Waals surface area contributed by atoms with E-state index in [4.69, 9.17) is 11.0 Å². The monoisotopic (exact) mass is 213 g/mol. The Bertz CT molecular complexity index is 573. The van der Waals surface area contributed by atoms with Crippen molar-refractivity contribution in [2.45, 2.75) is 0 Å². The van der Waals surface area contributed by atoms with Crippen LogP contribution >= 0.6 is 0 Å². The molecule has 0 aliphatic carbocycles. The fourth-order valence-corrected chi connectivity index (χ4v) is 1.43. The van der Waals surface area contributed by atoms with E-state index < -0.39 is 5.82 Å². The summed E-state index contributed by atoms with van der Waals surface area (Å²) in [5, 5.41) is 8.90. The molecule has 3 nitrogen and oxygen atoms in total. The molecule has 1 aromatic carbocycles. The Hall–Kier alpha value is -2.41. The molecule has 2 rings (SSSR count). The van der Waals surface area contributed by atoms with Gasteiger partial charge in [-0.3, -0.25) is 4.98 Å². The highest BCUT2D eigenvalue weighted by atomic mass is 19.1. The zero-order valence-electron chi connectivity index (χ0n) is 8.31. The highest BCUT2D eigenvalue weighted by molar-refractivity contribution is 5.69. The van der Waals surface area contributed by atoms with Gasteiger partial charge in [-0.2, -0.15) is 5.26 Å². The number of hydrogen-bond acceptors (Lipinski definition) is 3. The minimum atomic E-state index is -0.440. The van der Waals surface area contributed by atoms with Gasteiger partial charge in [-0.05, 0) is 30.3 Å². The van der Waals surface area contributed by atoms with Crippen LogP contribution in [0.2, 0.25) is 0 Å². The number of anilines is 1. The Morgan fingerprint density at radius 1 is 1.31 bits per heavy atom. The normalized spacial score (nSPS) is 9.75. The van der Waals surface area contributed by atoms with E-state index in [9.17, 15) is 4.39 Å². The summed E-state index contributed by atoms with van der Waals surface area (Å²) < 4.78 is 13.6. The third-order valence-electron chi connectivity index (χ3n) is 2.17. The highest BCUT2D eigenvalue weighted by Crippen LogP contribution is 2.25. The molecule has 1 heterocycles. The summed E-state index contributed by atoms with van der Waals surface area (Å²) in [5.41, 5.74) is 6.90. The van der Waals surface area contributed by atoms with Gasteiger partial charge in [-0.25, -0.2) is 4.39 Å². The molecular weight excluding hydrogens is 205 g/mol. The van der Waals surface area contributed by atoms with E-state index in [1.165, 1.54) is 24.4 Å². The van der Waals surface area contributed by atoms with Crippen molar-refractivity contribution in [2.75, 3.05) is 5.73 Å². The summed E-state index contributed by atoms with van der Waals surface area (Å²) in [6.07, 6.45) is 1.51. The third kappa shape index (κ3) is 1.71. The molecule has 0 spiro atoms. The molecule has 0 fully saturated rings. The van der Waals surface area contributed by atoms with Gasteiger partial charge in [-0.15, -0.1) is 0 Å². The maximum atomic E-state index is 13.6. The predicted octanol–water partition coefficient (Wildman–Crippen LogP) is 2.34. The first-order valence-corrected chi connectivity index (χ1v) is 4.63. The summed E-state index contributed by atoms with van der Waals surface area (Å²) in [6, 6.07) is 9.39. The second kappa shape index (κ2) is 3.99. The van der Waals surface area contributed by atoms with Crippen molar-refractivity contribution in [1.82, 2.24) is 4.98 Å². The largest absolute Gasteiger partial charge is 0.399 e. The Morgan fingerprint density at radius 3 is 2.88 bits per heavy atom. The molecule has 1 aromatic heterocycles. The molecule has 2 aromatic rings. The van der Waals surface area contributed by atoms with Crippen molar-refractivity contribution in [2.24, 2.45) is 0 Å². The summed E-state index contributed by atoms with van der Waals surface area (Å²) in [7, 11) is 0. The van der Waals surface area contributed by atoms with E-state index in [1.54, 1.807) is 12.1 Å². The average Bonchev–Trinajstić information content (AvgIpc) is 2.32. The zero-order valence-corrected chi connectivity index (χ0v) is 8.31. The van der Waals surface area contributed by atoms with Gasteiger partial charge in [0.15, 0.2) is 0 Å². The molecule has 78 valence electrons. The van der Waals surface area contributed by atoms with Gasteiger partial charge in [0.1, 0.15) is 11.9 Å². The van der Waals surface area contributed by atoms with Crippen LogP contribution in [0.15, 0.2) is 36.5 Å². The smallest absolute Gasteiger partial charge is 0.132 e. The first-order valence-electron chi connectivity index (χ1n) is 4.63. The number of nitrogens with two attached hydrogens (primary N) is 1. The number of benzene rings is 1. The topological polar surface area (TPSA) is 62.7 Å². The molecule has 0 unspecified atom stereocenters. The van der Waals surface area contributed by atoms with Crippen LogP contribution in [-0.2, 0) is 0 Å². The van der Waals surface area contributed by atoms with E-state index >= 15 is 0 Å². The van der Waals surface area contributed by atoms with Gasteiger partial charge >= 0.3 is 0 Å². The molecular formula is C12H8FN3. The maximum Gasteiger partial charge on any atom is 0.132 e. The van der Waals surface area contributed by atoms with Gasteiger partial charge in [0, 0.05) is 17.4 Å². The highest BCUT2D eigenvalue weighted by Gasteiger charge is 2.10. The molecule has 4 heteroatoms. The Labute approximate surface area is 92.0 Å². The number of nitrogen functional groups attached to an aromatic ring is 1. The van der Waals surface area contributed by atoms with Crippen LogP contribution in [0.3, 0.4) is 0 Å². The summed E-state index contributed by atoms with van der Waals surface area (Å²) in [6.45, 7) is 0. The molecule has 0 aliphatic heterocycles. The van der Waals surface area contributed by atoms with Crippen molar-refractivity contribution in [3.05, 3.63) is 47.9 Å². The zero-order chi connectivity index (χ0) is 11.5. The number of halogens is 1. The van der Waals surface area contributed by atoms with Crippen LogP contribution in [0.25, 0.3) is 11.3 Å². The van der Waals surface area contributed by atoms with Gasteiger partial charge in [0.05, 0.1) is 11.3 Å². The van der Waals surface area contributed by atoms with Crippen molar-refractivity contribution in [3.63, 3.8) is 0 Å². The van der Waals surface area contributed by atoms with Crippen LogP contribution in [0, 0.1) is 17.1 Å². The standard InChI is InChI=1S/C12H8FN3/c13-11-4-3-9(15)6-10(11)12-8(7-14)2-1-5-16-12/h1-6H,15H2. The van der Waals surface area contributed by atoms with Gasteiger partial charge in [0.25, 0.3) is 0 Å². The summed E-state index contributed by atoms with van der Waals surface area (Å²) in [5.74, 6) is -0.440. The van der Waals surface area contributed by atoms with Crippen LogP contribution in [0.4, 0.5) is 10.1 Å². The maximum absolute atomic E-state index is 13.6. The van der Waals surface area contributed by atoms with Crippen LogP contribution < -0.4 is 5.73 Å². The second-order valence-corrected chi connectivity index (χ2v) is 3.25. The molecule has 0 amide bonds. The van der Waals surface area contributed by atoms with Crippen LogP contribution in [0.5, 0.6) is 0 Å². The fraction of sp³-hybridized carbons (Fsp3) is 0. The number of nitriles is 1. The lowest BCUT2D eigenvalue weighted by molar-refractivity contribution is 0.631. The van der Waals surface area contributed by atoms with Crippen LogP contribution in [0.1, 0.15) is 5.56 Å². The molecule has 0 aliphatic rings. The third-order valence-corrected chi connectivity index (χ3v) is 2.17. The lowest BCUT2D eigenvalue weighted by Crippen LogP contribution is -1.94. The lowest BCUT2D eigenvalue weighted by Gasteiger charge is -2.05. The van der Waals surface area contributed by atoms with Gasteiger partial charge < -0.3 is 5.73 Å². The van der Waals surface area contributed by atoms with E-state index in [-0.39, 0.29) is 5.56 Å². The first kappa shape index (κ1) is 10.1. The second-order valence-electron chi connectivity index (χ2n) is 3.25. The molecule has 0 bridgehead atoms. The first-order chi connectivity index (χ1) is 7.72. The predicted molar refractivity (Wildman–Crippen MR) is 58.8 cm³/mol. The number of nitrogens with zero attached hydrogens (tertiary/aromatic N) is 2. The minimum Gasteiger partial charge on any atom is -0.399 e. The molecule has 0 atom stereocenters. The van der Waals surface area contributed by atoms with E-state index in [2.05, 4.69) is 4.98 Å². The number of rotatable bonds is 1. The van der Waals surface area contributed by atoms with Crippen LogP contribution in [-0.4, -0.2) is 4.98 Å². The molecule has 0 radical (unpaired) electrons. The van der Waals surface area contributed by atoms with Crippen molar-refractivity contribution in [3.8, 4) is 17.3 Å². The SMILES string of the molecule is N#Cc1cccnc1-c1cc(N)ccc1F. The Morgan fingerprint density at radius 2 is 2.12 bits per heavy atom. The van der Waals surface area contributed by atoms with E-state index in [0.717, 1.165) is 0 Å². The Balaban J connectivity index is 2.68. The van der Waals surface area contributed by atoms with Gasteiger partial charge in [0.2, 0.25) is 0 Å².